The lowest BCUT2D eigenvalue weighted by atomic mass is 10.1. The number of hydrogen-bond acceptors (Lipinski definition) is 3. The van der Waals surface area contributed by atoms with Crippen LogP contribution in [0, 0.1) is 6.92 Å². The SMILES string of the molecule is Cc1ccc(C(=O)NCCn2ccnc2)cc1O. The zero-order valence-electron chi connectivity index (χ0n) is 10.1. The molecule has 18 heavy (non-hydrogen) atoms. The van der Waals surface area contributed by atoms with Crippen LogP contribution in [0.4, 0.5) is 0 Å². The van der Waals surface area contributed by atoms with Gasteiger partial charge in [0.1, 0.15) is 5.75 Å². The van der Waals surface area contributed by atoms with E-state index >= 15 is 0 Å². The first-order valence-electron chi connectivity index (χ1n) is 5.70. The minimum absolute atomic E-state index is 0.136. The van der Waals surface area contributed by atoms with Gasteiger partial charge in [0.15, 0.2) is 0 Å². The maximum atomic E-state index is 11.8. The van der Waals surface area contributed by atoms with Crippen LogP contribution in [0.1, 0.15) is 15.9 Å². The molecule has 0 fully saturated rings. The Labute approximate surface area is 105 Å². The highest BCUT2D eigenvalue weighted by Crippen LogP contribution is 2.17. The molecule has 0 unspecified atom stereocenters. The van der Waals surface area contributed by atoms with Gasteiger partial charge in [-0.3, -0.25) is 4.79 Å². The molecular formula is C13H15N3O2. The van der Waals surface area contributed by atoms with E-state index in [-0.39, 0.29) is 11.7 Å². The van der Waals surface area contributed by atoms with E-state index in [4.69, 9.17) is 0 Å². The summed E-state index contributed by atoms with van der Waals surface area (Å²) in [5.74, 6) is -0.0531. The van der Waals surface area contributed by atoms with Gasteiger partial charge < -0.3 is 15.0 Å². The molecule has 1 aromatic heterocycles. The van der Waals surface area contributed by atoms with E-state index < -0.39 is 0 Å². The number of phenolic OH excluding ortho intramolecular Hbond substituents is 1. The van der Waals surface area contributed by atoms with Crippen LogP contribution in [0.5, 0.6) is 5.75 Å². The molecule has 0 atom stereocenters. The third kappa shape index (κ3) is 2.88. The Bertz CT molecular complexity index is 535. The first-order chi connectivity index (χ1) is 8.66. The smallest absolute Gasteiger partial charge is 0.251 e. The molecule has 94 valence electrons. The lowest BCUT2D eigenvalue weighted by molar-refractivity contribution is 0.0952. The van der Waals surface area contributed by atoms with Crippen LogP contribution in [0.2, 0.25) is 0 Å². The largest absolute Gasteiger partial charge is 0.508 e. The molecule has 1 aromatic carbocycles. The standard InChI is InChI=1S/C13H15N3O2/c1-10-2-3-11(8-12(10)17)13(18)15-5-7-16-6-4-14-9-16/h2-4,6,8-9,17H,5,7H2,1H3,(H,15,18). The van der Waals surface area contributed by atoms with Gasteiger partial charge in [-0.15, -0.1) is 0 Å². The molecule has 2 rings (SSSR count). The van der Waals surface area contributed by atoms with Crippen LogP contribution >= 0.6 is 0 Å². The highest BCUT2D eigenvalue weighted by Gasteiger charge is 2.06. The van der Waals surface area contributed by atoms with Crippen molar-refractivity contribution < 1.29 is 9.90 Å². The Hall–Kier alpha value is -2.30. The molecule has 0 bridgehead atoms. The second kappa shape index (κ2) is 5.35. The number of imidazole rings is 1. The van der Waals surface area contributed by atoms with Crippen molar-refractivity contribution in [2.75, 3.05) is 6.54 Å². The molecule has 0 spiro atoms. The van der Waals surface area contributed by atoms with Crippen molar-refractivity contribution in [1.29, 1.82) is 0 Å². The van der Waals surface area contributed by atoms with Crippen LogP contribution < -0.4 is 5.32 Å². The lowest BCUT2D eigenvalue weighted by Gasteiger charge is -2.07. The molecule has 0 saturated carbocycles. The van der Waals surface area contributed by atoms with E-state index in [0.717, 1.165) is 5.56 Å². The van der Waals surface area contributed by atoms with Crippen molar-refractivity contribution in [2.24, 2.45) is 0 Å². The number of phenols is 1. The van der Waals surface area contributed by atoms with Crippen molar-refractivity contribution in [1.82, 2.24) is 14.9 Å². The van der Waals surface area contributed by atoms with Crippen LogP contribution in [0.15, 0.2) is 36.9 Å². The molecule has 0 radical (unpaired) electrons. The van der Waals surface area contributed by atoms with Crippen molar-refractivity contribution in [3.8, 4) is 5.75 Å². The quantitative estimate of drug-likeness (QED) is 0.853. The van der Waals surface area contributed by atoms with Crippen molar-refractivity contribution in [2.45, 2.75) is 13.5 Å². The summed E-state index contributed by atoms with van der Waals surface area (Å²) >= 11 is 0. The van der Waals surface area contributed by atoms with Crippen LogP contribution in [0.3, 0.4) is 0 Å². The summed E-state index contributed by atoms with van der Waals surface area (Å²) in [7, 11) is 0. The maximum Gasteiger partial charge on any atom is 0.251 e. The fourth-order valence-electron chi connectivity index (χ4n) is 1.57. The number of amides is 1. The van der Waals surface area contributed by atoms with Crippen molar-refractivity contribution in [3.63, 3.8) is 0 Å². The van der Waals surface area contributed by atoms with Crippen molar-refractivity contribution >= 4 is 5.91 Å². The van der Waals surface area contributed by atoms with Gasteiger partial charge in [-0.1, -0.05) is 6.07 Å². The third-order valence-corrected chi connectivity index (χ3v) is 2.69. The summed E-state index contributed by atoms with van der Waals surface area (Å²) in [6, 6.07) is 4.89. The van der Waals surface area contributed by atoms with Gasteiger partial charge in [-0.2, -0.15) is 0 Å². The van der Waals surface area contributed by atoms with E-state index in [1.165, 1.54) is 6.07 Å². The Morgan fingerprint density at radius 3 is 3.00 bits per heavy atom. The molecule has 5 heteroatoms. The average Bonchev–Trinajstić information content (AvgIpc) is 2.85. The van der Waals surface area contributed by atoms with Gasteiger partial charge in [0.2, 0.25) is 0 Å². The van der Waals surface area contributed by atoms with E-state index in [9.17, 15) is 9.90 Å². The molecule has 2 N–H and O–H groups in total. The second-order valence-corrected chi connectivity index (χ2v) is 4.06. The fourth-order valence-corrected chi connectivity index (χ4v) is 1.57. The summed E-state index contributed by atoms with van der Waals surface area (Å²) in [5, 5.41) is 12.3. The van der Waals surface area contributed by atoms with Crippen molar-refractivity contribution in [3.05, 3.63) is 48.0 Å². The molecule has 0 saturated heterocycles. The maximum absolute atomic E-state index is 11.8. The van der Waals surface area contributed by atoms with E-state index in [1.54, 1.807) is 31.6 Å². The molecule has 1 heterocycles. The fraction of sp³-hybridized carbons (Fsp3) is 0.231. The molecule has 0 aliphatic heterocycles. The van der Waals surface area contributed by atoms with Gasteiger partial charge in [-0.25, -0.2) is 4.98 Å². The van der Waals surface area contributed by atoms with Gasteiger partial charge in [0, 0.05) is 31.0 Å². The monoisotopic (exact) mass is 245 g/mol. The van der Waals surface area contributed by atoms with Gasteiger partial charge >= 0.3 is 0 Å². The summed E-state index contributed by atoms with van der Waals surface area (Å²) in [6.07, 6.45) is 5.23. The number of hydrogen-bond donors (Lipinski definition) is 2. The Morgan fingerprint density at radius 2 is 2.33 bits per heavy atom. The molecular weight excluding hydrogens is 230 g/mol. The minimum atomic E-state index is -0.189. The highest BCUT2D eigenvalue weighted by atomic mass is 16.3. The van der Waals surface area contributed by atoms with Gasteiger partial charge in [0.25, 0.3) is 5.91 Å². The van der Waals surface area contributed by atoms with E-state index in [0.29, 0.717) is 18.7 Å². The summed E-state index contributed by atoms with van der Waals surface area (Å²) in [5.41, 5.74) is 1.22. The Kier molecular flexibility index (Phi) is 3.62. The summed E-state index contributed by atoms with van der Waals surface area (Å²) in [4.78, 5) is 15.7. The molecule has 0 aliphatic carbocycles. The molecule has 2 aromatic rings. The van der Waals surface area contributed by atoms with Crippen LogP contribution in [-0.4, -0.2) is 27.1 Å². The van der Waals surface area contributed by atoms with Gasteiger partial charge in [-0.05, 0) is 24.6 Å². The number of nitrogens with zero attached hydrogens (tertiary/aromatic N) is 2. The number of benzene rings is 1. The first-order valence-corrected chi connectivity index (χ1v) is 5.70. The Balaban J connectivity index is 1.89. The zero-order valence-corrected chi connectivity index (χ0v) is 10.1. The number of aromatic hydroxyl groups is 1. The second-order valence-electron chi connectivity index (χ2n) is 4.06. The number of aromatic nitrogens is 2. The highest BCUT2D eigenvalue weighted by molar-refractivity contribution is 5.94. The number of aryl methyl sites for hydroxylation is 1. The average molecular weight is 245 g/mol. The summed E-state index contributed by atoms with van der Waals surface area (Å²) in [6.45, 7) is 2.98. The van der Waals surface area contributed by atoms with E-state index in [1.807, 2.05) is 10.8 Å². The number of rotatable bonds is 4. The third-order valence-electron chi connectivity index (χ3n) is 2.69. The Morgan fingerprint density at radius 1 is 1.50 bits per heavy atom. The summed E-state index contributed by atoms with van der Waals surface area (Å²) < 4.78 is 1.88. The number of carbonyl (C=O) groups is 1. The number of nitrogens with one attached hydrogen (secondary N) is 1. The first kappa shape index (κ1) is 12.2. The number of carbonyl (C=O) groups excluding carboxylic acids is 1. The molecule has 5 nitrogen and oxygen atoms in total. The zero-order chi connectivity index (χ0) is 13.0. The predicted octanol–water partition coefficient (Wildman–Crippen LogP) is 1.33. The lowest BCUT2D eigenvalue weighted by Crippen LogP contribution is -2.26. The topological polar surface area (TPSA) is 67.2 Å². The minimum Gasteiger partial charge on any atom is -0.508 e. The molecule has 1 amide bonds. The van der Waals surface area contributed by atoms with Crippen LogP contribution in [-0.2, 0) is 6.54 Å². The van der Waals surface area contributed by atoms with Crippen LogP contribution in [0.25, 0.3) is 0 Å². The normalized spacial score (nSPS) is 10.3. The molecule has 0 aliphatic rings. The predicted molar refractivity (Wildman–Crippen MR) is 67.4 cm³/mol. The van der Waals surface area contributed by atoms with Gasteiger partial charge in [0.05, 0.1) is 6.33 Å². The van der Waals surface area contributed by atoms with E-state index in [2.05, 4.69) is 10.3 Å².